The Morgan fingerprint density at radius 2 is 2.24 bits per heavy atom. The molecule has 6 heteroatoms. The average molecular weight is 344 g/mol. The lowest BCUT2D eigenvalue weighted by molar-refractivity contribution is 0.0705. The van der Waals surface area contributed by atoms with E-state index in [1.165, 1.54) is 19.3 Å². The zero-order chi connectivity index (χ0) is 17.6. The van der Waals surface area contributed by atoms with Gasteiger partial charge >= 0.3 is 0 Å². The van der Waals surface area contributed by atoms with Crippen LogP contribution in [0.3, 0.4) is 0 Å². The van der Waals surface area contributed by atoms with Crippen LogP contribution in [0.15, 0.2) is 12.3 Å². The number of carbonyl (C=O) groups excluding carboxylic acids is 1. The number of rotatable bonds is 5. The molecule has 0 aromatic carbocycles. The highest BCUT2D eigenvalue weighted by Gasteiger charge is 2.55. The van der Waals surface area contributed by atoms with Gasteiger partial charge in [0.05, 0.1) is 5.56 Å². The summed E-state index contributed by atoms with van der Waals surface area (Å²) in [4.78, 5) is 18.8. The number of fused-ring (bicyclic) bond motifs is 2. The van der Waals surface area contributed by atoms with Crippen LogP contribution in [0.4, 0.5) is 0 Å². The lowest BCUT2D eigenvalue weighted by Gasteiger charge is -2.40. The van der Waals surface area contributed by atoms with E-state index in [-0.39, 0.29) is 0 Å². The van der Waals surface area contributed by atoms with Crippen molar-refractivity contribution in [1.82, 2.24) is 20.7 Å². The number of amides is 1. The molecule has 1 aromatic rings. The van der Waals surface area contributed by atoms with E-state index in [2.05, 4.69) is 29.2 Å². The van der Waals surface area contributed by atoms with E-state index in [0.717, 1.165) is 49.0 Å². The molecule has 1 unspecified atom stereocenters. The molecule has 0 spiro atoms. The van der Waals surface area contributed by atoms with Gasteiger partial charge in [-0.05, 0) is 56.2 Å². The molecule has 1 amide bonds. The van der Waals surface area contributed by atoms with E-state index in [0.29, 0.717) is 17.1 Å². The molecule has 3 fully saturated rings. The third kappa shape index (κ3) is 2.86. The molecule has 3 N–H and O–H groups in total. The van der Waals surface area contributed by atoms with Crippen molar-refractivity contribution in [2.75, 3.05) is 13.6 Å². The van der Waals surface area contributed by atoms with Crippen molar-refractivity contribution < 1.29 is 10.0 Å². The molecule has 0 radical (unpaired) electrons. The van der Waals surface area contributed by atoms with Crippen molar-refractivity contribution in [1.29, 1.82) is 0 Å². The Morgan fingerprint density at radius 1 is 1.44 bits per heavy atom. The number of hydroxylamine groups is 1. The number of nitrogens with one attached hydrogen (secondary N) is 2. The molecule has 2 bridgehead atoms. The molecular weight excluding hydrogens is 316 g/mol. The SMILES string of the molecule is CC[C@H]1Cc2ncc(C(=O)NO)cc2CN1CC1CC2(NC)CC1C2. The van der Waals surface area contributed by atoms with E-state index in [1.807, 2.05) is 6.07 Å². The zero-order valence-corrected chi connectivity index (χ0v) is 15.1. The van der Waals surface area contributed by atoms with Crippen LogP contribution in [-0.4, -0.2) is 46.2 Å². The van der Waals surface area contributed by atoms with Gasteiger partial charge in [0.2, 0.25) is 0 Å². The Hall–Kier alpha value is -1.50. The lowest BCUT2D eigenvalue weighted by Crippen LogP contribution is -2.47. The number of aromatic nitrogens is 1. The van der Waals surface area contributed by atoms with E-state index in [9.17, 15) is 4.79 Å². The van der Waals surface area contributed by atoms with Crippen molar-refractivity contribution in [3.05, 3.63) is 29.1 Å². The van der Waals surface area contributed by atoms with Crippen LogP contribution in [0, 0.1) is 11.8 Å². The molecule has 2 atom stereocenters. The molecule has 4 aliphatic rings. The van der Waals surface area contributed by atoms with Gasteiger partial charge in [-0.15, -0.1) is 0 Å². The third-order valence-electron chi connectivity index (χ3n) is 6.84. The fourth-order valence-corrected chi connectivity index (χ4v) is 5.30. The van der Waals surface area contributed by atoms with Crippen LogP contribution in [0.2, 0.25) is 0 Å². The van der Waals surface area contributed by atoms with Gasteiger partial charge in [0.25, 0.3) is 5.91 Å². The molecule has 5 rings (SSSR count). The first-order valence-electron chi connectivity index (χ1n) is 9.42. The minimum Gasteiger partial charge on any atom is -0.314 e. The summed E-state index contributed by atoms with van der Waals surface area (Å²) in [5.74, 6) is 1.16. The van der Waals surface area contributed by atoms with Crippen LogP contribution in [-0.2, 0) is 13.0 Å². The number of carbonyl (C=O) groups is 1. The van der Waals surface area contributed by atoms with Crippen molar-refractivity contribution in [2.24, 2.45) is 11.8 Å². The van der Waals surface area contributed by atoms with Gasteiger partial charge in [0, 0.05) is 43.0 Å². The highest BCUT2D eigenvalue weighted by Crippen LogP contribution is 2.55. The van der Waals surface area contributed by atoms with Crippen LogP contribution >= 0.6 is 0 Å². The van der Waals surface area contributed by atoms with Crippen molar-refractivity contribution in [3.63, 3.8) is 0 Å². The predicted octanol–water partition coefficient (Wildman–Crippen LogP) is 1.73. The van der Waals surface area contributed by atoms with Gasteiger partial charge in [-0.1, -0.05) is 6.92 Å². The number of hydrogen-bond donors (Lipinski definition) is 3. The molecule has 25 heavy (non-hydrogen) atoms. The Morgan fingerprint density at radius 3 is 2.88 bits per heavy atom. The van der Waals surface area contributed by atoms with Crippen LogP contribution in [0.25, 0.3) is 0 Å². The summed E-state index contributed by atoms with van der Waals surface area (Å²) in [5.41, 5.74) is 4.76. The summed E-state index contributed by atoms with van der Waals surface area (Å²) in [6.07, 6.45) is 7.58. The minimum atomic E-state index is -0.493. The first kappa shape index (κ1) is 16.9. The Balaban J connectivity index is 1.51. The van der Waals surface area contributed by atoms with Crippen LogP contribution in [0.1, 0.15) is 54.2 Å². The number of nitrogens with zero attached hydrogens (tertiary/aromatic N) is 2. The highest BCUT2D eigenvalue weighted by atomic mass is 16.5. The second-order valence-corrected chi connectivity index (χ2v) is 8.13. The summed E-state index contributed by atoms with van der Waals surface area (Å²) in [6.45, 7) is 4.24. The van der Waals surface area contributed by atoms with E-state index >= 15 is 0 Å². The van der Waals surface area contributed by atoms with Gasteiger partial charge in [-0.3, -0.25) is 19.9 Å². The summed E-state index contributed by atoms with van der Waals surface area (Å²) in [7, 11) is 2.10. The van der Waals surface area contributed by atoms with Crippen molar-refractivity contribution in [2.45, 2.75) is 57.2 Å². The minimum absolute atomic E-state index is 0.415. The zero-order valence-electron chi connectivity index (χ0n) is 15.1. The van der Waals surface area contributed by atoms with E-state index < -0.39 is 5.91 Å². The fraction of sp³-hybridized carbons (Fsp3) is 0.684. The Bertz CT molecular complexity index is 671. The summed E-state index contributed by atoms with van der Waals surface area (Å²) in [5, 5.41) is 12.4. The van der Waals surface area contributed by atoms with Crippen LogP contribution in [0.5, 0.6) is 0 Å². The van der Waals surface area contributed by atoms with E-state index in [1.54, 1.807) is 11.7 Å². The average Bonchev–Trinajstić information content (AvgIpc) is 3.14. The smallest absolute Gasteiger partial charge is 0.276 e. The fourth-order valence-electron chi connectivity index (χ4n) is 5.30. The summed E-state index contributed by atoms with van der Waals surface area (Å²) < 4.78 is 0. The molecule has 6 nitrogen and oxygen atoms in total. The molecular formula is C19H28N4O2. The maximum Gasteiger partial charge on any atom is 0.276 e. The maximum absolute atomic E-state index is 11.7. The van der Waals surface area contributed by atoms with E-state index in [4.69, 9.17) is 5.21 Å². The van der Waals surface area contributed by atoms with Gasteiger partial charge in [0.1, 0.15) is 0 Å². The molecule has 2 heterocycles. The van der Waals surface area contributed by atoms with Gasteiger partial charge < -0.3 is 5.32 Å². The third-order valence-corrected chi connectivity index (χ3v) is 6.84. The maximum atomic E-state index is 11.7. The molecule has 3 aliphatic carbocycles. The van der Waals surface area contributed by atoms with Gasteiger partial charge in [0.15, 0.2) is 0 Å². The topological polar surface area (TPSA) is 77.5 Å². The lowest BCUT2D eigenvalue weighted by atomic mass is 9.76. The van der Waals surface area contributed by atoms with Gasteiger partial charge in [-0.25, -0.2) is 5.48 Å². The standard InChI is InChI=1S/C19H28N4O2/c1-3-16-5-17-13(4-12(9-21-17)18(24)22-25)10-23(16)11-15-8-19(20-2)6-14(15)7-19/h4,9,14-16,20,25H,3,5-8,10-11H2,1-2H3,(H,22,24)/t14?,15?,16-,19?/m0/s1. The largest absolute Gasteiger partial charge is 0.314 e. The highest BCUT2D eigenvalue weighted by molar-refractivity contribution is 5.93. The Kier molecular flexibility index (Phi) is 4.30. The molecule has 136 valence electrons. The second kappa shape index (κ2) is 6.34. The van der Waals surface area contributed by atoms with Crippen molar-refractivity contribution in [3.8, 4) is 0 Å². The summed E-state index contributed by atoms with van der Waals surface area (Å²) >= 11 is 0. The number of pyridine rings is 1. The monoisotopic (exact) mass is 344 g/mol. The first-order valence-corrected chi connectivity index (χ1v) is 9.42. The van der Waals surface area contributed by atoms with Crippen molar-refractivity contribution >= 4 is 5.91 Å². The second-order valence-electron chi connectivity index (χ2n) is 8.13. The predicted molar refractivity (Wildman–Crippen MR) is 94.3 cm³/mol. The first-order chi connectivity index (χ1) is 12.1. The normalized spacial score (nSPS) is 33.6. The van der Waals surface area contributed by atoms with Gasteiger partial charge in [-0.2, -0.15) is 0 Å². The molecule has 0 saturated heterocycles. The Labute approximate surface area is 149 Å². The van der Waals surface area contributed by atoms with Crippen LogP contribution < -0.4 is 10.8 Å². The number of hydrogen-bond acceptors (Lipinski definition) is 5. The molecule has 1 aliphatic heterocycles. The quantitative estimate of drug-likeness (QED) is 0.560. The molecule has 1 aromatic heterocycles. The molecule has 3 saturated carbocycles. The summed E-state index contributed by atoms with van der Waals surface area (Å²) in [6, 6.07) is 2.41.